The second kappa shape index (κ2) is 4.80. The molecular weight excluding hydrogens is 228 g/mol. The zero-order valence-corrected chi connectivity index (χ0v) is 9.71. The molecule has 1 N–H and O–H groups in total. The lowest BCUT2D eigenvalue weighted by Crippen LogP contribution is -2.12. The molecule has 0 unspecified atom stereocenters. The molecule has 0 aromatic carbocycles. The predicted molar refractivity (Wildman–Crippen MR) is 59.0 cm³/mol. The highest BCUT2D eigenvalue weighted by molar-refractivity contribution is 7.98. The molecule has 6 heteroatoms. The maximum absolute atomic E-state index is 11.1. The predicted octanol–water partition coefficient (Wildman–Crippen LogP) is 1.01. The van der Waals surface area contributed by atoms with E-state index in [0.717, 1.165) is 11.3 Å². The van der Waals surface area contributed by atoms with Crippen LogP contribution in [0, 0.1) is 0 Å². The Hall–Kier alpha value is -1.14. The number of aromatic nitrogens is 2. The van der Waals surface area contributed by atoms with Crippen LogP contribution >= 0.6 is 11.8 Å². The number of carboxylic acids is 1. The van der Waals surface area contributed by atoms with Crippen molar-refractivity contribution in [2.24, 2.45) is 0 Å². The Morgan fingerprint density at radius 1 is 1.38 bits per heavy atom. The minimum Gasteiger partial charge on any atom is -0.476 e. The largest absolute Gasteiger partial charge is 0.476 e. The van der Waals surface area contributed by atoms with E-state index in [1.165, 1.54) is 11.8 Å². The summed E-state index contributed by atoms with van der Waals surface area (Å²) in [6.45, 7) is 1.13. The lowest BCUT2D eigenvalue weighted by Gasteiger charge is -2.08. The van der Waals surface area contributed by atoms with Crippen molar-refractivity contribution in [2.75, 3.05) is 19.5 Å². The van der Waals surface area contributed by atoms with Crippen molar-refractivity contribution in [3.05, 3.63) is 17.0 Å². The molecule has 0 bridgehead atoms. The summed E-state index contributed by atoms with van der Waals surface area (Å²) >= 11 is 1.35. The van der Waals surface area contributed by atoms with E-state index in [4.69, 9.17) is 9.84 Å². The number of hydrogen-bond acceptors (Lipinski definition) is 5. The van der Waals surface area contributed by atoms with Crippen LogP contribution in [0.1, 0.15) is 21.7 Å². The van der Waals surface area contributed by atoms with Gasteiger partial charge < -0.3 is 9.84 Å². The highest BCUT2D eigenvalue weighted by Crippen LogP contribution is 2.20. The van der Waals surface area contributed by atoms with Crippen molar-refractivity contribution in [1.29, 1.82) is 0 Å². The van der Waals surface area contributed by atoms with Gasteiger partial charge >= 0.3 is 5.97 Å². The van der Waals surface area contributed by atoms with Crippen LogP contribution in [0.2, 0.25) is 0 Å². The van der Waals surface area contributed by atoms with Gasteiger partial charge in [0, 0.05) is 12.0 Å². The molecule has 2 heterocycles. The zero-order chi connectivity index (χ0) is 11.5. The van der Waals surface area contributed by atoms with Crippen molar-refractivity contribution in [1.82, 2.24) is 9.97 Å². The quantitative estimate of drug-likeness (QED) is 0.614. The lowest BCUT2D eigenvalue weighted by molar-refractivity contribution is 0.0687. The van der Waals surface area contributed by atoms with Crippen LogP contribution in [0.25, 0.3) is 0 Å². The van der Waals surface area contributed by atoms with E-state index >= 15 is 0 Å². The molecule has 2 rings (SSSR count). The molecule has 16 heavy (non-hydrogen) atoms. The van der Waals surface area contributed by atoms with Crippen molar-refractivity contribution in [2.45, 2.75) is 18.0 Å². The fraction of sp³-hybridized carbons (Fsp3) is 0.500. The molecule has 1 aliphatic rings. The van der Waals surface area contributed by atoms with Crippen molar-refractivity contribution < 1.29 is 14.6 Å². The number of nitrogens with zero attached hydrogens (tertiary/aromatic N) is 2. The standard InChI is InChI=1S/C10H12N2O3S/c1-16-10-11-7-3-5-15-4-2-6(7)8(12-10)9(13)14/h2-5H2,1H3,(H,13,14). The summed E-state index contributed by atoms with van der Waals surface area (Å²) < 4.78 is 5.32. The highest BCUT2D eigenvalue weighted by Gasteiger charge is 2.20. The summed E-state index contributed by atoms with van der Waals surface area (Å²) in [6.07, 6.45) is 3.07. The Labute approximate surface area is 97.2 Å². The number of rotatable bonds is 2. The molecular formula is C10H12N2O3S. The summed E-state index contributed by atoms with van der Waals surface area (Å²) in [5.41, 5.74) is 1.66. The third kappa shape index (κ3) is 2.17. The van der Waals surface area contributed by atoms with Crippen LogP contribution in [0.4, 0.5) is 0 Å². The number of carboxylic acid groups (broad SMARTS) is 1. The molecule has 1 aromatic heterocycles. The monoisotopic (exact) mass is 240 g/mol. The normalized spacial score (nSPS) is 15.3. The first-order valence-corrected chi connectivity index (χ1v) is 6.19. The average Bonchev–Trinajstić information content (AvgIpc) is 2.52. The number of ether oxygens (including phenoxy) is 1. The molecule has 86 valence electrons. The number of carbonyl (C=O) groups is 1. The molecule has 5 nitrogen and oxygen atoms in total. The van der Waals surface area contributed by atoms with Crippen LogP contribution < -0.4 is 0 Å². The molecule has 0 atom stereocenters. The summed E-state index contributed by atoms with van der Waals surface area (Å²) in [6, 6.07) is 0. The molecule has 0 aliphatic carbocycles. The number of thioether (sulfide) groups is 1. The highest BCUT2D eigenvalue weighted by atomic mass is 32.2. The summed E-state index contributed by atoms with van der Waals surface area (Å²) in [5, 5.41) is 9.62. The van der Waals surface area contributed by atoms with Gasteiger partial charge in [0.1, 0.15) is 0 Å². The molecule has 0 spiro atoms. The van der Waals surface area contributed by atoms with E-state index in [1.54, 1.807) is 0 Å². The fourth-order valence-corrected chi connectivity index (χ4v) is 2.07. The van der Waals surface area contributed by atoms with Crippen LogP contribution in [0.3, 0.4) is 0 Å². The minimum absolute atomic E-state index is 0.125. The number of aromatic carboxylic acids is 1. The Kier molecular flexibility index (Phi) is 3.40. The molecule has 0 fully saturated rings. The first kappa shape index (κ1) is 11.3. The van der Waals surface area contributed by atoms with Gasteiger partial charge in [-0.3, -0.25) is 0 Å². The minimum atomic E-state index is -0.990. The van der Waals surface area contributed by atoms with Gasteiger partial charge in [-0.25, -0.2) is 14.8 Å². The summed E-state index contributed by atoms with van der Waals surface area (Å²) in [5.74, 6) is -0.990. The van der Waals surface area contributed by atoms with Crippen molar-refractivity contribution in [3.8, 4) is 0 Å². The first-order valence-electron chi connectivity index (χ1n) is 4.97. The third-order valence-electron chi connectivity index (χ3n) is 2.44. The maximum atomic E-state index is 11.1. The number of hydrogen-bond donors (Lipinski definition) is 1. The van der Waals surface area contributed by atoms with Gasteiger partial charge in [0.2, 0.25) is 0 Å². The molecule has 0 saturated carbocycles. The van der Waals surface area contributed by atoms with E-state index < -0.39 is 5.97 Å². The molecule has 1 aromatic rings. The van der Waals surface area contributed by atoms with Crippen LogP contribution in [0.15, 0.2) is 5.16 Å². The molecule has 0 radical (unpaired) electrons. The Bertz CT molecular complexity index is 423. The van der Waals surface area contributed by atoms with Gasteiger partial charge in [-0.1, -0.05) is 11.8 Å². The number of fused-ring (bicyclic) bond motifs is 1. The summed E-state index contributed by atoms with van der Waals surface area (Å²) in [7, 11) is 0. The molecule has 1 aliphatic heterocycles. The summed E-state index contributed by atoms with van der Waals surface area (Å²) in [4.78, 5) is 19.5. The smallest absolute Gasteiger partial charge is 0.354 e. The van der Waals surface area contributed by atoms with Gasteiger partial charge in [-0.2, -0.15) is 0 Å². The van der Waals surface area contributed by atoms with E-state index in [9.17, 15) is 4.79 Å². The van der Waals surface area contributed by atoms with E-state index in [2.05, 4.69) is 9.97 Å². The maximum Gasteiger partial charge on any atom is 0.354 e. The van der Waals surface area contributed by atoms with Gasteiger partial charge in [-0.05, 0) is 12.7 Å². The first-order chi connectivity index (χ1) is 7.72. The SMILES string of the molecule is CSc1nc2c(c(C(=O)O)n1)CCOCC2. The molecule has 0 amide bonds. The second-order valence-electron chi connectivity index (χ2n) is 3.40. The van der Waals surface area contributed by atoms with Gasteiger partial charge in [-0.15, -0.1) is 0 Å². The van der Waals surface area contributed by atoms with Crippen LogP contribution in [-0.4, -0.2) is 40.5 Å². The van der Waals surface area contributed by atoms with Crippen LogP contribution in [-0.2, 0) is 17.6 Å². The van der Waals surface area contributed by atoms with Crippen molar-refractivity contribution >= 4 is 17.7 Å². The van der Waals surface area contributed by atoms with Crippen molar-refractivity contribution in [3.63, 3.8) is 0 Å². The van der Waals surface area contributed by atoms with E-state index in [-0.39, 0.29) is 5.69 Å². The topological polar surface area (TPSA) is 72.3 Å². The lowest BCUT2D eigenvalue weighted by atomic mass is 10.1. The average molecular weight is 240 g/mol. The van der Waals surface area contributed by atoms with E-state index in [0.29, 0.717) is 31.2 Å². The molecule has 0 saturated heterocycles. The Morgan fingerprint density at radius 3 is 2.81 bits per heavy atom. The van der Waals surface area contributed by atoms with Gasteiger partial charge in [0.15, 0.2) is 10.9 Å². The Balaban J connectivity index is 2.53. The zero-order valence-electron chi connectivity index (χ0n) is 8.89. The Morgan fingerprint density at radius 2 is 2.12 bits per heavy atom. The second-order valence-corrected chi connectivity index (χ2v) is 4.18. The van der Waals surface area contributed by atoms with E-state index in [1.807, 2.05) is 6.26 Å². The van der Waals surface area contributed by atoms with Gasteiger partial charge in [0.05, 0.1) is 18.9 Å². The fourth-order valence-electron chi connectivity index (χ4n) is 1.69. The van der Waals surface area contributed by atoms with Crippen LogP contribution in [0.5, 0.6) is 0 Å². The third-order valence-corrected chi connectivity index (χ3v) is 2.98. The van der Waals surface area contributed by atoms with Gasteiger partial charge in [0.25, 0.3) is 0 Å².